The van der Waals surface area contributed by atoms with Crippen LogP contribution in [0.5, 0.6) is 0 Å². The first-order valence-electron chi connectivity index (χ1n) is 9.92. The van der Waals surface area contributed by atoms with Crippen molar-refractivity contribution in [3.05, 3.63) is 117 Å². The highest BCUT2D eigenvalue weighted by Gasteiger charge is 2.53. The third-order valence-electron chi connectivity index (χ3n) is 5.52. The fourth-order valence-corrected chi connectivity index (χ4v) is 4.36. The van der Waals surface area contributed by atoms with Crippen LogP contribution < -0.4 is 10.9 Å². The van der Waals surface area contributed by atoms with E-state index in [1.807, 2.05) is 60.7 Å². The van der Waals surface area contributed by atoms with Crippen LogP contribution in [0.25, 0.3) is 5.65 Å². The summed E-state index contributed by atoms with van der Waals surface area (Å²) < 4.78 is 2.14. The molecule has 4 aromatic rings. The zero-order chi connectivity index (χ0) is 22.3. The Balaban J connectivity index is 1.58. The lowest BCUT2D eigenvalue weighted by Gasteiger charge is -2.28. The lowest BCUT2D eigenvalue weighted by Crippen LogP contribution is -2.45. The molecule has 32 heavy (non-hydrogen) atoms. The number of hydrogen-bond donors (Lipinski definition) is 1. The van der Waals surface area contributed by atoms with Gasteiger partial charge in [0.1, 0.15) is 5.65 Å². The average Bonchev–Trinajstić information content (AvgIpc) is 3.06. The number of pyridine rings is 1. The Hall–Kier alpha value is -3.78. The van der Waals surface area contributed by atoms with Gasteiger partial charge in [0, 0.05) is 16.7 Å². The number of halogens is 1. The first-order valence-corrected chi connectivity index (χ1v) is 10.7. The molecule has 1 fully saturated rings. The molecule has 158 valence electrons. The molecule has 0 spiro atoms. The first-order chi connectivity index (χ1) is 15.5. The maximum absolute atomic E-state index is 13.8. The van der Waals surface area contributed by atoms with E-state index in [9.17, 15) is 14.4 Å². The van der Waals surface area contributed by atoms with Crippen LogP contribution >= 0.6 is 15.9 Å². The van der Waals surface area contributed by atoms with E-state index in [4.69, 9.17) is 0 Å². The van der Waals surface area contributed by atoms with E-state index < -0.39 is 17.5 Å². The Morgan fingerprint density at radius 2 is 1.50 bits per heavy atom. The highest BCUT2D eigenvalue weighted by Crippen LogP contribution is 2.36. The van der Waals surface area contributed by atoms with Crippen LogP contribution in [0.4, 0.5) is 4.79 Å². The molecular formula is C24H17BrN4O3. The predicted molar refractivity (Wildman–Crippen MR) is 122 cm³/mol. The van der Waals surface area contributed by atoms with Crippen LogP contribution in [0.1, 0.15) is 16.8 Å². The Kier molecular flexibility index (Phi) is 4.86. The second-order valence-corrected chi connectivity index (χ2v) is 8.38. The van der Waals surface area contributed by atoms with Gasteiger partial charge in [0.05, 0.1) is 12.2 Å². The highest BCUT2D eigenvalue weighted by molar-refractivity contribution is 9.10. The molecular weight excluding hydrogens is 472 g/mol. The fraction of sp³-hybridized carbons (Fsp3) is 0.0833. The minimum absolute atomic E-state index is 0.117. The zero-order valence-electron chi connectivity index (χ0n) is 16.7. The van der Waals surface area contributed by atoms with Crippen molar-refractivity contribution >= 4 is 33.5 Å². The molecule has 1 N–H and O–H groups in total. The molecule has 0 bridgehead atoms. The van der Waals surface area contributed by atoms with E-state index in [2.05, 4.69) is 26.2 Å². The van der Waals surface area contributed by atoms with Crippen molar-refractivity contribution in [3.8, 4) is 0 Å². The number of nitrogens with zero attached hydrogens (tertiary/aromatic N) is 3. The smallest absolute Gasteiger partial charge is 0.315 e. The minimum Gasteiger partial charge on any atom is -0.315 e. The lowest BCUT2D eigenvalue weighted by molar-refractivity contribution is -0.130. The molecule has 5 rings (SSSR count). The lowest BCUT2D eigenvalue weighted by atomic mass is 9.82. The van der Waals surface area contributed by atoms with Crippen LogP contribution in [0, 0.1) is 0 Å². The van der Waals surface area contributed by atoms with E-state index in [1.54, 1.807) is 18.3 Å². The predicted octanol–water partition coefficient (Wildman–Crippen LogP) is 3.45. The molecule has 1 aliphatic heterocycles. The van der Waals surface area contributed by atoms with Gasteiger partial charge >= 0.3 is 6.03 Å². The van der Waals surface area contributed by atoms with Crippen molar-refractivity contribution in [2.75, 3.05) is 0 Å². The van der Waals surface area contributed by atoms with Crippen LogP contribution in [-0.2, 0) is 16.9 Å². The standard InChI is InChI=1S/C24H17BrN4O3/c25-18-11-12-20-26-19(13-21(30)28(20)14-18)15-29-22(31)24(27-23(29)32,16-7-3-1-4-8-16)17-9-5-2-6-10-17/h1-14H,15H2,(H,27,32). The Bertz CT molecular complexity index is 1360. The van der Waals surface area contributed by atoms with E-state index in [0.717, 1.165) is 9.37 Å². The van der Waals surface area contributed by atoms with Crippen molar-refractivity contribution in [2.45, 2.75) is 12.1 Å². The molecule has 0 atom stereocenters. The van der Waals surface area contributed by atoms with Gasteiger partial charge in [-0.05, 0) is 39.2 Å². The minimum atomic E-state index is -1.35. The normalized spacial score (nSPS) is 15.2. The number of aromatic nitrogens is 2. The second-order valence-electron chi connectivity index (χ2n) is 7.46. The molecule has 1 saturated heterocycles. The van der Waals surface area contributed by atoms with E-state index >= 15 is 0 Å². The Morgan fingerprint density at radius 1 is 0.875 bits per heavy atom. The topological polar surface area (TPSA) is 83.8 Å². The van der Waals surface area contributed by atoms with Gasteiger partial charge in [-0.1, -0.05) is 60.7 Å². The summed E-state index contributed by atoms with van der Waals surface area (Å²) in [4.78, 5) is 44.9. The number of hydrogen-bond acceptors (Lipinski definition) is 4. The number of imide groups is 1. The third kappa shape index (κ3) is 3.20. The quantitative estimate of drug-likeness (QED) is 0.446. The van der Waals surface area contributed by atoms with Crippen molar-refractivity contribution in [2.24, 2.45) is 0 Å². The number of urea groups is 1. The fourth-order valence-electron chi connectivity index (χ4n) is 4.02. The van der Waals surface area contributed by atoms with E-state index in [-0.39, 0.29) is 12.1 Å². The molecule has 1 aliphatic rings. The van der Waals surface area contributed by atoms with Gasteiger partial charge in [-0.3, -0.25) is 18.9 Å². The van der Waals surface area contributed by atoms with E-state index in [0.29, 0.717) is 22.5 Å². The summed E-state index contributed by atoms with van der Waals surface area (Å²) in [6.45, 7) is -0.117. The van der Waals surface area contributed by atoms with Gasteiger partial charge < -0.3 is 5.32 Å². The highest BCUT2D eigenvalue weighted by atomic mass is 79.9. The summed E-state index contributed by atoms with van der Waals surface area (Å²) >= 11 is 3.34. The molecule has 0 unspecified atom stereocenters. The summed E-state index contributed by atoms with van der Waals surface area (Å²) in [5, 5.41) is 2.90. The van der Waals surface area contributed by atoms with E-state index in [1.165, 1.54) is 10.5 Å². The third-order valence-corrected chi connectivity index (χ3v) is 5.98. The summed E-state index contributed by atoms with van der Waals surface area (Å²) in [6, 6.07) is 22.5. The van der Waals surface area contributed by atoms with Gasteiger partial charge in [0.2, 0.25) is 0 Å². The van der Waals surface area contributed by atoms with Crippen molar-refractivity contribution in [1.82, 2.24) is 19.6 Å². The molecule has 2 aromatic carbocycles. The monoisotopic (exact) mass is 488 g/mol. The summed E-state index contributed by atoms with van der Waals surface area (Å²) in [5.41, 5.74) is 0.427. The number of fused-ring (bicyclic) bond motifs is 1. The Labute approximate surface area is 191 Å². The molecule has 0 radical (unpaired) electrons. The summed E-state index contributed by atoms with van der Waals surface area (Å²) in [7, 11) is 0. The number of carbonyl (C=O) groups is 2. The molecule has 3 heterocycles. The van der Waals surface area contributed by atoms with Gasteiger partial charge in [-0.15, -0.1) is 0 Å². The van der Waals surface area contributed by atoms with Crippen molar-refractivity contribution < 1.29 is 9.59 Å². The molecule has 0 saturated carbocycles. The molecule has 2 aromatic heterocycles. The van der Waals surface area contributed by atoms with Crippen molar-refractivity contribution in [1.29, 1.82) is 0 Å². The first kappa shape index (κ1) is 20.1. The number of benzene rings is 2. The zero-order valence-corrected chi connectivity index (χ0v) is 18.3. The second kappa shape index (κ2) is 7.72. The van der Waals surface area contributed by atoms with Crippen LogP contribution in [-0.4, -0.2) is 26.2 Å². The Morgan fingerprint density at radius 3 is 2.12 bits per heavy atom. The van der Waals surface area contributed by atoms with Crippen LogP contribution in [0.2, 0.25) is 0 Å². The maximum atomic E-state index is 13.8. The molecule has 8 heteroatoms. The number of nitrogens with one attached hydrogen (secondary N) is 1. The maximum Gasteiger partial charge on any atom is 0.325 e. The molecule has 0 aliphatic carbocycles. The number of rotatable bonds is 4. The van der Waals surface area contributed by atoms with Crippen LogP contribution in [0.3, 0.4) is 0 Å². The summed E-state index contributed by atoms with van der Waals surface area (Å²) in [6.07, 6.45) is 1.62. The SMILES string of the molecule is O=C1NC(c2ccccc2)(c2ccccc2)C(=O)N1Cc1cc(=O)n2cc(Br)ccc2n1. The largest absolute Gasteiger partial charge is 0.325 e. The molecule has 3 amide bonds. The summed E-state index contributed by atoms with van der Waals surface area (Å²) in [5.74, 6) is -0.419. The average molecular weight is 489 g/mol. The van der Waals surface area contributed by atoms with Gasteiger partial charge in [0.25, 0.3) is 11.5 Å². The molecule has 7 nitrogen and oxygen atoms in total. The van der Waals surface area contributed by atoms with Crippen molar-refractivity contribution in [3.63, 3.8) is 0 Å². The van der Waals surface area contributed by atoms with Gasteiger partial charge in [0.15, 0.2) is 5.54 Å². The van der Waals surface area contributed by atoms with Gasteiger partial charge in [-0.2, -0.15) is 0 Å². The number of amides is 3. The number of carbonyl (C=O) groups excluding carboxylic acids is 2. The van der Waals surface area contributed by atoms with Gasteiger partial charge in [-0.25, -0.2) is 9.78 Å². The van der Waals surface area contributed by atoms with Crippen LogP contribution in [0.15, 0.2) is 94.3 Å².